The maximum atomic E-state index is 5.06. The molecule has 1 aromatic heterocycles. The summed E-state index contributed by atoms with van der Waals surface area (Å²) in [7, 11) is 1.74. The van der Waals surface area contributed by atoms with Crippen LogP contribution in [0.1, 0.15) is 31.0 Å². The number of nitrogens with one attached hydrogen (secondary N) is 1. The second kappa shape index (κ2) is 5.28. The fourth-order valence-corrected chi connectivity index (χ4v) is 2.12. The molecule has 1 N–H and O–H groups in total. The maximum Gasteiger partial charge on any atom is 0.0948 e. The molecule has 4 heteroatoms. The lowest BCUT2D eigenvalue weighted by Crippen LogP contribution is -2.17. The summed E-state index contributed by atoms with van der Waals surface area (Å²) in [6.45, 7) is 2.95. The number of imidazole rings is 1. The van der Waals surface area contributed by atoms with Crippen LogP contribution in [-0.4, -0.2) is 29.8 Å². The summed E-state index contributed by atoms with van der Waals surface area (Å²) in [5.74, 6) is 0. The lowest BCUT2D eigenvalue weighted by atomic mass is 10.2. The molecule has 15 heavy (non-hydrogen) atoms. The molecule has 4 nitrogen and oxygen atoms in total. The van der Waals surface area contributed by atoms with Crippen molar-refractivity contribution < 1.29 is 4.74 Å². The Kier molecular flexibility index (Phi) is 3.75. The fourth-order valence-electron chi connectivity index (χ4n) is 2.12. The third-order valence-electron chi connectivity index (χ3n) is 2.91. The molecule has 1 aromatic rings. The average molecular weight is 209 g/mol. The van der Waals surface area contributed by atoms with Crippen LogP contribution in [0, 0.1) is 0 Å². The van der Waals surface area contributed by atoms with Crippen LogP contribution in [0.25, 0.3) is 0 Å². The van der Waals surface area contributed by atoms with Gasteiger partial charge in [0.1, 0.15) is 0 Å². The number of hydrogen-bond acceptors (Lipinski definition) is 3. The molecule has 2 heterocycles. The summed E-state index contributed by atoms with van der Waals surface area (Å²) < 4.78 is 7.29. The van der Waals surface area contributed by atoms with Crippen LogP contribution < -0.4 is 5.32 Å². The molecular weight excluding hydrogens is 190 g/mol. The van der Waals surface area contributed by atoms with Crippen molar-refractivity contribution in [2.24, 2.45) is 0 Å². The van der Waals surface area contributed by atoms with Crippen LogP contribution in [0.4, 0.5) is 0 Å². The number of methoxy groups -OCH3 is 1. The summed E-state index contributed by atoms with van der Waals surface area (Å²) >= 11 is 0. The fraction of sp³-hybridized carbons (Fsp3) is 0.727. The topological polar surface area (TPSA) is 39.1 Å². The van der Waals surface area contributed by atoms with Gasteiger partial charge in [-0.25, -0.2) is 4.98 Å². The predicted molar refractivity (Wildman–Crippen MR) is 58.7 cm³/mol. The molecule has 0 spiro atoms. The molecule has 0 amide bonds. The third-order valence-corrected chi connectivity index (χ3v) is 2.91. The molecule has 1 fully saturated rings. The molecule has 0 radical (unpaired) electrons. The summed E-state index contributed by atoms with van der Waals surface area (Å²) in [6.07, 6.45) is 7.46. The Labute approximate surface area is 90.6 Å². The number of ether oxygens (including phenoxy) is 1. The molecule has 0 aliphatic carbocycles. The molecular formula is C11H19N3O. The molecule has 0 saturated carbocycles. The van der Waals surface area contributed by atoms with Crippen molar-refractivity contribution in [3.8, 4) is 0 Å². The number of rotatable bonds is 5. The van der Waals surface area contributed by atoms with Crippen LogP contribution >= 0.6 is 0 Å². The van der Waals surface area contributed by atoms with Crippen molar-refractivity contribution in [3.05, 3.63) is 18.2 Å². The quantitative estimate of drug-likeness (QED) is 0.744. The average Bonchev–Trinajstić information content (AvgIpc) is 2.87. The van der Waals surface area contributed by atoms with Gasteiger partial charge in [0.05, 0.1) is 12.0 Å². The van der Waals surface area contributed by atoms with Crippen molar-refractivity contribution in [3.63, 3.8) is 0 Å². The van der Waals surface area contributed by atoms with Gasteiger partial charge < -0.3 is 14.6 Å². The van der Waals surface area contributed by atoms with Crippen LogP contribution in [0.2, 0.25) is 0 Å². The Balaban J connectivity index is 1.95. The van der Waals surface area contributed by atoms with Gasteiger partial charge in [-0.15, -0.1) is 0 Å². The minimum Gasteiger partial charge on any atom is -0.385 e. The smallest absolute Gasteiger partial charge is 0.0948 e. The number of nitrogens with zero attached hydrogens (tertiary/aromatic N) is 2. The first-order chi connectivity index (χ1) is 7.42. The van der Waals surface area contributed by atoms with E-state index in [-0.39, 0.29) is 0 Å². The number of aromatic nitrogens is 2. The van der Waals surface area contributed by atoms with Gasteiger partial charge in [-0.05, 0) is 25.8 Å². The molecule has 1 saturated heterocycles. The normalized spacial score (nSPS) is 21.0. The summed E-state index contributed by atoms with van der Waals surface area (Å²) in [5, 5.41) is 3.50. The van der Waals surface area contributed by atoms with Gasteiger partial charge in [0.15, 0.2) is 0 Å². The predicted octanol–water partition coefficient (Wildman–Crippen LogP) is 1.34. The highest BCUT2D eigenvalue weighted by molar-refractivity contribution is 5.07. The van der Waals surface area contributed by atoms with Gasteiger partial charge in [0, 0.05) is 32.5 Å². The van der Waals surface area contributed by atoms with E-state index in [0.717, 1.165) is 26.1 Å². The first-order valence-electron chi connectivity index (χ1n) is 5.64. The van der Waals surface area contributed by atoms with Gasteiger partial charge >= 0.3 is 0 Å². The van der Waals surface area contributed by atoms with E-state index in [0.29, 0.717) is 6.04 Å². The van der Waals surface area contributed by atoms with Crippen molar-refractivity contribution >= 4 is 0 Å². The van der Waals surface area contributed by atoms with Gasteiger partial charge in [-0.1, -0.05) is 0 Å². The Morgan fingerprint density at radius 2 is 2.60 bits per heavy atom. The van der Waals surface area contributed by atoms with E-state index >= 15 is 0 Å². The van der Waals surface area contributed by atoms with Gasteiger partial charge in [0.25, 0.3) is 0 Å². The molecule has 1 aliphatic rings. The zero-order valence-corrected chi connectivity index (χ0v) is 9.28. The second-order valence-corrected chi connectivity index (χ2v) is 4.01. The SMILES string of the molecule is COCCCn1cncc1[C@@H]1CCCN1. The minimum atomic E-state index is 0.509. The van der Waals surface area contributed by atoms with E-state index in [4.69, 9.17) is 4.74 Å². The minimum absolute atomic E-state index is 0.509. The zero-order chi connectivity index (χ0) is 10.5. The zero-order valence-electron chi connectivity index (χ0n) is 9.28. The lowest BCUT2D eigenvalue weighted by molar-refractivity contribution is 0.190. The number of hydrogen-bond donors (Lipinski definition) is 1. The van der Waals surface area contributed by atoms with Crippen molar-refractivity contribution in [1.29, 1.82) is 0 Å². The standard InChI is InChI=1S/C11H19N3O/c1-15-7-3-6-14-9-12-8-11(14)10-4-2-5-13-10/h8-10,13H,2-7H2,1H3/t10-/m0/s1. The largest absolute Gasteiger partial charge is 0.385 e. The van der Waals surface area contributed by atoms with E-state index in [9.17, 15) is 0 Å². The first kappa shape index (κ1) is 10.6. The van der Waals surface area contributed by atoms with Crippen LogP contribution in [-0.2, 0) is 11.3 Å². The lowest BCUT2D eigenvalue weighted by Gasteiger charge is -2.13. The molecule has 0 unspecified atom stereocenters. The van der Waals surface area contributed by atoms with Crippen LogP contribution in [0.15, 0.2) is 12.5 Å². The molecule has 1 aliphatic heterocycles. The third kappa shape index (κ3) is 2.58. The van der Waals surface area contributed by atoms with Crippen LogP contribution in [0.3, 0.4) is 0 Å². The summed E-state index contributed by atoms with van der Waals surface area (Å²) in [6, 6.07) is 0.509. The van der Waals surface area contributed by atoms with Crippen molar-refractivity contribution in [1.82, 2.24) is 14.9 Å². The summed E-state index contributed by atoms with van der Waals surface area (Å²) in [5.41, 5.74) is 1.32. The van der Waals surface area contributed by atoms with E-state index < -0.39 is 0 Å². The molecule has 2 rings (SSSR count). The Morgan fingerprint density at radius 3 is 3.33 bits per heavy atom. The van der Waals surface area contributed by atoms with Crippen LogP contribution in [0.5, 0.6) is 0 Å². The Morgan fingerprint density at radius 1 is 1.67 bits per heavy atom. The highest BCUT2D eigenvalue weighted by Gasteiger charge is 2.19. The second-order valence-electron chi connectivity index (χ2n) is 4.01. The van der Waals surface area contributed by atoms with Gasteiger partial charge in [-0.3, -0.25) is 0 Å². The van der Waals surface area contributed by atoms with Gasteiger partial charge in [0.2, 0.25) is 0 Å². The molecule has 0 bridgehead atoms. The Hall–Kier alpha value is -0.870. The van der Waals surface area contributed by atoms with E-state index in [1.807, 2.05) is 12.5 Å². The first-order valence-corrected chi connectivity index (χ1v) is 5.64. The summed E-state index contributed by atoms with van der Waals surface area (Å²) in [4.78, 5) is 4.23. The van der Waals surface area contributed by atoms with Gasteiger partial charge in [-0.2, -0.15) is 0 Å². The number of aryl methyl sites for hydroxylation is 1. The van der Waals surface area contributed by atoms with Crippen molar-refractivity contribution in [2.75, 3.05) is 20.3 Å². The molecule has 0 aromatic carbocycles. The molecule has 84 valence electrons. The van der Waals surface area contributed by atoms with E-state index in [1.54, 1.807) is 7.11 Å². The maximum absolute atomic E-state index is 5.06. The highest BCUT2D eigenvalue weighted by atomic mass is 16.5. The monoisotopic (exact) mass is 209 g/mol. The molecule has 1 atom stereocenters. The van der Waals surface area contributed by atoms with E-state index in [1.165, 1.54) is 18.5 Å². The highest BCUT2D eigenvalue weighted by Crippen LogP contribution is 2.22. The Bertz CT molecular complexity index is 292. The van der Waals surface area contributed by atoms with Crippen molar-refractivity contribution in [2.45, 2.75) is 31.8 Å². The van der Waals surface area contributed by atoms with E-state index in [2.05, 4.69) is 14.9 Å².